The Morgan fingerprint density at radius 1 is 1.11 bits per heavy atom. The van der Waals surface area contributed by atoms with Crippen LogP contribution < -0.4 is 15.4 Å². The van der Waals surface area contributed by atoms with Crippen molar-refractivity contribution in [3.05, 3.63) is 65.2 Å². The lowest BCUT2D eigenvalue weighted by Crippen LogP contribution is -2.52. The third kappa shape index (κ3) is 5.10. The van der Waals surface area contributed by atoms with E-state index in [1.54, 1.807) is 7.11 Å². The summed E-state index contributed by atoms with van der Waals surface area (Å²) in [5, 5.41) is 6.21. The van der Waals surface area contributed by atoms with Gasteiger partial charge in [-0.2, -0.15) is 0 Å². The van der Waals surface area contributed by atoms with Crippen molar-refractivity contribution in [2.45, 2.75) is 25.9 Å². The van der Waals surface area contributed by atoms with Crippen LogP contribution in [0.4, 0.5) is 0 Å². The van der Waals surface area contributed by atoms with Gasteiger partial charge in [-0.05, 0) is 42.3 Å². The highest BCUT2D eigenvalue weighted by Gasteiger charge is 2.23. The lowest BCUT2D eigenvalue weighted by Gasteiger charge is -2.34. The highest BCUT2D eigenvalue weighted by atomic mass is 16.5. The summed E-state index contributed by atoms with van der Waals surface area (Å²) in [5.74, 6) is 0.790. The second-order valence-electron chi connectivity index (χ2n) is 7.05. The molecule has 2 N–H and O–H groups in total. The number of methoxy groups -OCH3 is 1. The summed E-state index contributed by atoms with van der Waals surface area (Å²) < 4.78 is 5.12. The second kappa shape index (κ2) is 9.37. The molecule has 2 aromatic carbocycles. The molecule has 0 bridgehead atoms. The first-order valence-electron chi connectivity index (χ1n) is 9.57. The summed E-state index contributed by atoms with van der Waals surface area (Å²) in [4.78, 5) is 26.7. The zero-order valence-electron chi connectivity index (χ0n) is 16.4. The van der Waals surface area contributed by atoms with Gasteiger partial charge in [0, 0.05) is 37.8 Å². The number of hydrogen-bond acceptors (Lipinski definition) is 4. The first-order chi connectivity index (χ1) is 13.6. The Bertz CT molecular complexity index is 803. The van der Waals surface area contributed by atoms with Crippen LogP contribution in [0.1, 0.15) is 28.4 Å². The SMILES string of the molecule is COc1ccc(CC(=O)NCc2ccc(C(=O)N3CCNC[C@@H]3C)cc2)cc1. The molecule has 0 radical (unpaired) electrons. The van der Waals surface area contributed by atoms with Crippen LogP contribution in [0.15, 0.2) is 48.5 Å². The molecule has 1 atom stereocenters. The molecule has 3 rings (SSSR count). The van der Waals surface area contributed by atoms with E-state index in [-0.39, 0.29) is 17.9 Å². The van der Waals surface area contributed by atoms with Crippen LogP contribution in [0.2, 0.25) is 0 Å². The minimum Gasteiger partial charge on any atom is -0.497 e. The normalized spacial score (nSPS) is 16.5. The number of rotatable bonds is 6. The molecule has 28 heavy (non-hydrogen) atoms. The number of carbonyl (C=O) groups is 2. The molecule has 2 aromatic rings. The van der Waals surface area contributed by atoms with Gasteiger partial charge >= 0.3 is 0 Å². The number of nitrogens with one attached hydrogen (secondary N) is 2. The molecule has 1 aliphatic heterocycles. The number of hydrogen-bond donors (Lipinski definition) is 2. The third-order valence-electron chi connectivity index (χ3n) is 4.98. The van der Waals surface area contributed by atoms with Crippen molar-refractivity contribution in [2.75, 3.05) is 26.7 Å². The number of benzene rings is 2. The van der Waals surface area contributed by atoms with E-state index in [1.165, 1.54) is 0 Å². The first kappa shape index (κ1) is 19.9. The van der Waals surface area contributed by atoms with Gasteiger partial charge in [0.15, 0.2) is 0 Å². The first-order valence-corrected chi connectivity index (χ1v) is 9.57. The number of nitrogens with zero attached hydrogens (tertiary/aromatic N) is 1. The maximum atomic E-state index is 12.7. The molecule has 0 spiro atoms. The van der Waals surface area contributed by atoms with Gasteiger partial charge in [-0.25, -0.2) is 0 Å². The zero-order valence-corrected chi connectivity index (χ0v) is 16.4. The van der Waals surface area contributed by atoms with Crippen LogP contribution >= 0.6 is 0 Å². The molecule has 148 valence electrons. The van der Waals surface area contributed by atoms with Crippen molar-refractivity contribution >= 4 is 11.8 Å². The average molecular weight is 381 g/mol. The van der Waals surface area contributed by atoms with Crippen molar-refractivity contribution < 1.29 is 14.3 Å². The zero-order chi connectivity index (χ0) is 19.9. The molecule has 1 heterocycles. The predicted molar refractivity (Wildman–Crippen MR) is 108 cm³/mol. The quantitative estimate of drug-likeness (QED) is 0.803. The van der Waals surface area contributed by atoms with Gasteiger partial charge in [-0.15, -0.1) is 0 Å². The van der Waals surface area contributed by atoms with Gasteiger partial charge < -0.3 is 20.3 Å². The molecule has 2 amide bonds. The maximum Gasteiger partial charge on any atom is 0.254 e. The van der Waals surface area contributed by atoms with Crippen molar-refractivity contribution in [3.63, 3.8) is 0 Å². The van der Waals surface area contributed by atoms with Gasteiger partial charge in [-0.3, -0.25) is 9.59 Å². The molecule has 0 saturated carbocycles. The third-order valence-corrected chi connectivity index (χ3v) is 4.98. The summed E-state index contributed by atoms with van der Waals surface area (Å²) in [7, 11) is 1.62. The summed E-state index contributed by atoms with van der Waals surface area (Å²) in [5.41, 5.74) is 2.58. The topological polar surface area (TPSA) is 70.7 Å². The molecule has 1 saturated heterocycles. The average Bonchev–Trinajstić information content (AvgIpc) is 2.73. The molecule has 6 nitrogen and oxygen atoms in total. The van der Waals surface area contributed by atoms with Crippen LogP contribution in [0.3, 0.4) is 0 Å². The fraction of sp³-hybridized carbons (Fsp3) is 0.364. The highest BCUT2D eigenvalue weighted by molar-refractivity contribution is 5.94. The Kier molecular flexibility index (Phi) is 6.66. The van der Waals surface area contributed by atoms with E-state index in [9.17, 15) is 9.59 Å². The fourth-order valence-electron chi connectivity index (χ4n) is 3.27. The smallest absolute Gasteiger partial charge is 0.254 e. The van der Waals surface area contributed by atoms with E-state index < -0.39 is 0 Å². The summed E-state index contributed by atoms with van der Waals surface area (Å²) in [6, 6.07) is 15.1. The Balaban J connectivity index is 1.50. The van der Waals surface area contributed by atoms with E-state index in [2.05, 4.69) is 17.6 Å². The van der Waals surface area contributed by atoms with Gasteiger partial charge in [0.2, 0.25) is 5.91 Å². The Morgan fingerprint density at radius 2 is 1.79 bits per heavy atom. The summed E-state index contributed by atoms with van der Waals surface area (Å²) in [6.45, 7) is 4.87. The number of ether oxygens (including phenoxy) is 1. The van der Waals surface area contributed by atoms with Crippen molar-refractivity contribution in [1.82, 2.24) is 15.5 Å². The van der Waals surface area contributed by atoms with Gasteiger partial charge in [-0.1, -0.05) is 24.3 Å². The van der Waals surface area contributed by atoms with Crippen molar-refractivity contribution in [1.29, 1.82) is 0 Å². The highest BCUT2D eigenvalue weighted by Crippen LogP contribution is 2.13. The minimum absolute atomic E-state index is 0.0417. The van der Waals surface area contributed by atoms with E-state index >= 15 is 0 Å². The van der Waals surface area contributed by atoms with Crippen LogP contribution in [-0.4, -0.2) is 49.5 Å². The Hall–Kier alpha value is -2.86. The Labute approximate surface area is 165 Å². The lowest BCUT2D eigenvalue weighted by atomic mass is 10.1. The van der Waals surface area contributed by atoms with E-state index in [0.29, 0.717) is 18.5 Å². The molecule has 0 unspecified atom stereocenters. The van der Waals surface area contributed by atoms with Gasteiger partial charge in [0.25, 0.3) is 5.91 Å². The lowest BCUT2D eigenvalue weighted by molar-refractivity contribution is -0.120. The molecule has 0 aliphatic carbocycles. The molecule has 0 aromatic heterocycles. The molecule has 1 aliphatic rings. The predicted octanol–water partition coefficient (Wildman–Crippen LogP) is 1.99. The molecular weight excluding hydrogens is 354 g/mol. The maximum absolute atomic E-state index is 12.7. The number of piperazine rings is 1. The second-order valence-corrected chi connectivity index (χ2v) is 7.05. The van der Waals surface area contributed by atoms with Gasteiger partial charge in [0.05, 0.1) is 13.5 Å². The number of amides is 2. The van der Waals surface area contributed by atoms with E-state index in [1.807, 2.05) is 53.4 Å². The number of carbonyl (C=O) groups excluding carboxylic acids is 2. The van der Waals surface area contributed by atoms with Crippen LogP contribution in [0.25, 0.3) is 0 Å². The van der Waals surface area contributed by atoms with Crippen LogP contribution in [0, 0.1) is 0 Å². The minimum atomic E-state index is -0.0417. The van der Waals surface area contributed by atoms with Crippen molar-refractivity contribution in [3.8, 4) is 5.75 Å². The Morgan fingerprint density at radius 3 is 2.43 bits per heavy atom. The van der Waals surface area contributed by atoms with Crippen LogP contribution in [-0.2, 0) is 17.8 Å². The standard InChI is InChI=1S/C22H27N3O3/c1-16-14-23-11-12-25(16)22(27)19-7-3-18(4-8-19)15-24-21(26)13-17-5-9-20(28-2)10-6-17/h3-10,16,23H,11-15H2,1-2H3,(H,24,26)/t16-/m0/s1. The molecular formula is C22H27N3O3. The summed E-state index contributed by atoms with van der Waals surface area (Å²) in [6.07, 6.45) is 0.321. The van der Waals surface area contributed by atoms with E-state index in [4.69, 9.17) is 4.74 Å². The summed E-state index contributed by atoms with van der Waals surface area (Å²) >= 11 is 0. The van der Waals surface area contributed by atoms with E-state index in [0.717, 1.165) is 36.5 Å². The molecule has 1 fully saturated rings. The monoisotopic (exact) mass is 381 g/mol. The largest absolute Gasteiger partial charge is 0.497 e. The molecule has 6 heteroatoms. The van der Waals surface area contributed by atoms with Crippen LogP contribution in [0.5, 0.6) is 5.75 Å². The van der Waals surface area contributed by atoms with Crippen molar-refractivity contribution in [2.24, 2.45) is 0 Å². The fourth-order valence-corrected chi connectivity index (χ4v) is 3.27. The van der Waals surface area contributed by atoms with Gasteiger partial charge in [0.1, 0.15) is 5.75 Å².